The number of carbonyl (C=O) groups excluding carboxylic acids is 1. The van der Waals surface area contributed by atoms with Crippen LogP contribution in [0.2, 0.25) is 5.02 Å². The predicted molar refractivity (Wildman–Crippen MR) is 122 cm³/mol. The molecule has 3 N–H and O–H groups in total. The second kappa shape index (κ2) is 8.85. The number of rotatable bonds is 5. The molecular weight excluding hydrogens is 414 g/mol. The molecule has 0 aliphatic heterocycles. The van der Waals surface area contributed by atoms with Crippen LogP contribution in [0.15, 0.2) is 67.0 Å². The quantitative estimate of drug-likeness (QED) is 0.395. The Balaban J connectivity index is 1.40. The van der Waals surface area contributed by atoms with Crippen molar-refractivity contribution in [1.29, 1.82) is 0 Å². The van der Waals surface area contributed by atoms with Crippen LogP contribution in [-0.4, -0.2) is 25.8 Å². The lowest BCUT2D eigenvalue weighted by Crippen LogP contribution is -2.19. The number of carbonyl (C=O) groups is 1. The molecule has 0 aliphatic carbocycles. The number of anilines is 4. The summed E-state index contributed by atoms with van der Waals surface area (Å²) in [6, 6.07) is 16.0. The molecule has 156 valence electrons. The maximum atomic E-state index is 12.2. The van der Waals surface area contributed by atoms with Gasteiger partial charge in [0.15, 0.2) is 5.82 Å². The number of aromatic nitrogens is 4. The SMILES string of the molecule is Cc1nc(Nc2ccc(NC(=O)Nc3ccc(C)c(Cl)c3)cc2)cc(-n2cccn2)n1. The van der Waals surface area contributed by atoms with Crippen LogP contribution in [0.5, 0.6) is 0 Å². The number of aryl methyl sites for hydroxylation is 2. The minimum atomic E-state index is -0.351. The van der Waals surface area contributed by atoms with Gasteiger partial charge in [0.25, 0.3) is 0 Å². The van der Waals surface area contributed by atoms with Gasteiger partial charge in [0.2, 0.25) is 0 Å². The van der Waals surface area contributed by atoms with E-state index in [9.17, 15) is 4.79 Å². The Hall–Kier alpha value is -3.91. The van der Waals surface area contributed by atoms with E-state index in [0.29, 0.717) is 33.9 Å². The zero-order valence-electron chi connectivity index (χ0n) is 16.9. The van der Waals surface area contributed by atoms with Gasteiger partial charge in [-0.15, -0.1) is 0 Å². The zero-order valence-corrected chi connectivity index (χ0v) is 17.7. The fourth-order valence-corrected chi connectivity index (χ4v) is 3.07. The van der Waals surface area contributed by atoms with Gasteiger partial charge in [-0.2, -0.15) is 5.10 Å². The normalized spacial score (nSPS) is 10.5. The van der Waals surface area contributed by atoms with Crippen molar-refractivity contribution in [3.05, 3.63) is 83.4 Å². The van der Waals surface area contributed by atoms with E-state index >= 15 is 0 Å². The highest BCUT2D eigenvalue weighted by Gasteiger charge is 2.07. The number of urea groups is 1. The summed E-state index contributed by atoms with van der Waals surface area (Å²) in [6.45, 7) is 3.73. The standard InChI is InChI=1S/C22H20ClN7O/c1-14-4-5-18(12-19(14)23)29-22(31)28-17-8-6-16(7-9-17)27-20-13-21(26-15(2)25-20)30-11-3-10-24-30/h3-13H,1-2H3,(H,25,26,27)(H2,28,29,31). The van der Waals surface area contributed by atoms with E-state index in [0.717, 1.165) is 11.3 Å². The molecule has 9 heteroatoms. The number of benzene rings is 2. The minimum Gasteiger partial charge on any atom is -0.340 e. The molecule has 8 nitrogen and oxygen atoms in total. The minimum absolute atomic E-state index is 0.351. The van der Waals surface area contributed by atoms with Crippen molar-refractivity contribution >= 4 is 40.5 Å². The second-order valence-corrected chi connectivity index (χ2v) is 7.26. The average Bonchev–Trinajstić information content (AvgIpc) is 3.27. The smallest absolute Gasteiger partial charge is 0.323 e. The number of halogens is 1. The summed E-state index contributed by atoms with van der Waals surface area (Å²) in [4.78, 5) is 21.0. The molecule has 4 aromatic rings. The van der Waals surface area contributed by atoms with Crippen LogP contribution in [0, 0.1) is 13.8 Å². The van der Waals surface area contributed by atoms with Crippen molar-refractivity contribution in [2.75, 3.05) is 16.0 Å². The fourth-order valence-electron chi connectivity index (χ4n) is 2.89. The van der Waals surface area contributed by atoms with Gasteiger partial charge in [0, 0.05) is 40.5 Å². The molecule has 4 rings (SSSR count). The van der Waals surface area contributed by atoms with Gasteiger partial charge >= 0.3 is 6.03 Å². The van der Waals surface area contributed by atoms with Gasteiger partial charge in [0.1, 0.15) is 11.6 Å². The van der Waals surface area contributed by atoms with Crippen molar-refractivity contribution in [2.24, 2.45) is 0 Å². The van der Waals surface area contributed by atoms with E-state index in [1.54, 1.807) is 35.1 Å². The van der Waals surface area contributed by atoms with Crippen molar-refractivity contribution in [3.8, 4) is 5.82 Å². The molecule has 0 saturated carbocycles. The van der Waals surface area contributed by atoms with E-state index in [2.05, 4.69) is 31.0 Å². The van der Waals surface area contributed by atoms with E-state index in [4.69, 9.17) is 11.6 Å². The Morgan fingerprint density at radius 3 is 2.35 bits per heavy atom. The summed E-state index contributed by atoms with van der Waals surface area (Å²) in [5.74, 6) is 1.94. The summed E-state index contributed by atoms with van der Waals surface area (Å²) in [5.41, 5.74) is 3.04. The Kier molecular flexibility index (Phi) is 5.81. The van der Waals surface area contributed by atoms with E-state index < -0.39 is 0 Å². The van der Waals surface area contributed by atoms with Crippen LogP contribution < -0.4 is 16.0 Å². The summed E-state index contributed by atoms with van der Waals surface area (Å²) in [7, 11) is 0. The van der Waals surface area contributed by atoms with Crippen LogP contribution in [-0.2, 0) is 0 Å². The summed E-state index contributed by atoms with van der Waals surface area (Å²) in [5, 5.41) is 13.6. The van der Waals surface area contributed by atoms with Gasteiger partial charge in [-0.1, -0.05) is 17.7 Å². The first kappa shape index (κ1) is 20.4. The van der Waals surface area contributed by atoms with E-state index in [1.807, 2.05) is 50.4 Å². The Morgan fingerprint density at radius 2 is 1.65 bits per heavy atom. The van der Waals surface area contributed by atoms with Crippen molar-refractivity contribution in [3.63, 3.8) is 0 Å². The van der Waals surface area contributed by atoms with Crippen LogP contribution in [0.4, 0.5) is 27.7 Å². The number of hydrogen-bond donors (Lipinski definition) is 3. The number of nitrogens with zero attached hydrogens (tertiary/aromatic N) is 4. The predicted octanol–water partition coefficient (Wildman–Crippen LogP) is 5.32. The lowest BCUT2D eigenvalue weighted by atomic mass is 10.2. The molecule has 0 fully saturated rings. The molecule has 2 amide bonds. The highest BCUT2D eigenvalue weighted by Crippen LogP contribution is 2.21. The molecule has 0 atom stereocenters. The van der Waals surface area contributed by atoms with Gasteiger partial charge in [-0.25, -0.2) is 19.4 Å². The third-order valence-electron chi connectivity index (χ3n) is 4.41. The van der Waals surface area contributed by atoms with Crippen molar-refractivity contribution < 1.29 is 4.79 Å². The van der Waals surface area contributed by atoms with E-state index in [-0.39, 0.29) is 6.03 Å². The molecule has 0 bridgehead atoms. The molecule has 2 heterocycles. The Bertz CT molecular complexity index is 1210. The molecule has 0 spiro atoms. The third-order valence-corrected chi connectivity index (χ3v) is 4.82. The van der Waals surface area contributed by atoms with Gasteiger partial charge < -0.3 is 16.0 Å². The largest absolute Gasteiger partial charge is 0.340 e. The van der Waals surface area contributed by atoms with Crippen molar-refractivity contribution in [1.82, 2.24) is 19.7 Å². The average molecular weight is 434 g/mol. The molecular formula is C22H20ClN7O. The maximum Gasteiger partial charge on any atom is 0.323 e. The molecule has 0 unspecified atom stereocenters. The van der Waals surface area contributed by atoms with Crippen LogP contribution in [0.3, 0.4) is 0 Å². The monoisotopic (exact) mass is 433 g/mol. The van der Waals surface area contributed by atoms with Gasteiger partial charge in [-0.3, -0.25) is 0 Å². The highest BCUT2D eigenvalue weighted by molar-refractivity contribution is 6.31. The molecule has 0 aliphatic rings. The topological polar surface area (TPSA) is 96.8 Å². The second-order valence-electron chi connectivity index (χ2n) is 6.85. The number of amides is 2. The van der Waals surface area contributed by atoms with Gasteiger partial charge in [0.05, 0.1) is 0 Å². The molecule has 0 saturated heterocycles. The lowest BCUT2D eigenvalue weighted by molar-refractivity contribution is 0.262. The fraction of sp³-hybridized carbons (Fsp3) is 0.0909. The van der Waals surface area contributed by atoms with Crippen LogP contribution in [0.25, 0.3) is 5.82 Å². The highest BCUT2D eigenvalue weighted by atomic mass is 35.5. The van der Waals surface area contributed by atoms with E-state index in [1.165, 1.54) is 0 Å². The van der Waals surface area contributed by atoms with Gasteiger partial charge in [-0.05, 0) is 61.9 Å². The third kappa shape index (κ3) is 5.18. The number of nitrogens with one attached hydrogen (secondary N) is 3. The first-order valence-corrected chi connectivity index (χ1v) is 9.91. The summed E-state index contributed by atoms with van der Waals surface area (Å²) >= 11 is 6.10. The summed E-state index contributed by atoms with van der Waals surface area (Å²) < 4.78 is 1.67. The Morgan fingerprint density at radius 1 is 0.935 bits per heavy atom. The molecule has 2 aromatic heterocycles. The number of hydrogen-bond acceptors (Lipinski definition) is 5. The summed E-state index contributed by atoms with van der Waals surface area (Å²) in [6.07, 6.45) is 3.52. The molecule has 0 radical (unpaired) electrons. The molecule has 31 heavy (non-hydrogen) atoms. The molecule has 2 aromatic carbocycles. The zero-order chi connectivity index (χ0) is 21.8. The Labute approximate surface area is 184 Å². The maximum absolute atomic E-state index is 12.2. The van der Waals surface area contributed by atoms with Crippen molar-refractivity contribution in [2.45, 2.75) is 13.8 Å². The van der Waals surface area contributed by atoms with Crippen LogP contribution >= 0.6 is 11.6 Å². The first-order chi connectivity index (χ1) is 15.0. The first-order valence-electron chi connectivity index (χ1n) is 9.53. The van der Waals surface area contributed by atoms with Crippen LogP contribution in [0.1, 0.15) is 11.4 Å². The lowest BCUT2D eigenvalue weighted by Gasteiger charge is -2.11.